The number of carbonyl (C=O) groups is 1. The molecular formula is C22H21ClN2O4S. The van der Waals surface area contributed by atoms with Gasteiger partial charge in [0.15, 0.2) is 0 Å². The fourth-order valence-electron chi connectivity index (χ4n) is 2.72. The lowest BCUT2D eigenvalue weighted by atomic mass is 10.1. The topological polar surface area (TPSA) is 84.5 Å². The smallest absolute Gasteiger partial charge is 0.261 e. The first kappa shape index (κ1) is 21.7. The first-order valence-electron chi connectivity index (χ1n) is 9.22. The Kier molecular flexibility index (Phi) is 6.64. The van der Waals surface area contributed by atoms with Gasteiger partial charge in [0, 0.05) is 22.3 Å². The molecule has 3 rings (SSSR count). The van der Waals surface area contributed by atoms with Gasteiger partial charge in [-0.3, -0.25) is 9.52 Å². The number of nitrogens with one attached hydrogen (secondary N) is 2. The normalized spacial score (nSPS) is 11.0. The van der Waals surface area contributed by atoms with E-state index in [1.54, 1.807) is 43.3 Å². The number of carbonyl (C=O) groups excluding carboxylic acids is 1. The van der Waals surface area contributed by atoms with Gasteiger partial charge in [0.1, 0.15) is 5.75 Å². The van der Waals surface area contributed by atoms with E-state index in [1.165, 1.54) is 30.3 Å². The zero-order valence-electron chi connectivity index (χ0n) is 16.5. The zero-order chi connectivity index (χ0) is 21.7. The van der Waals surface area contributed by atoms with Gasteiger partial charge in [-0.15, -0.1) is 0 Å². The Bertz CT molecular complexity index is 1160. The van der Waals surface area contributed by atoms with E-state index in [9.17, 15) is 13.2 Å². The average molecular weight is 445 g/mol. The Morgan fingerprint density at radius 2 is 1.77 bits per heavy atom. The molecule has 0 heterocycles. The molecule has 1 amide bonds. The second-order valence-corrected chi connectivity index (χ2v) is 8.62. The van der Waals surface area contributed by atoms with E-state index in [-0.39, 0.29) is 10.8 Å². The molecule has 6 nitrogen and oxygen atoms in total. The van der Waals surface area contributed by atoms with Gasteiger partial charge in [-0.05, 0) is 67.9 Å². The fourth-order valence-corrected chi connectivity index (χ4v) is 3.97. The maximum atomic E-state index is 12.7. The van der Waals surface area contributed by atoms with Gasteiger partial charge in [-0.25, -0.2) is 8.42 Å². The molecule has 0 atom stereocenters. The predicted octanol–water partition coefficient (Wildman–Crippen LogP) is 5.10. The molecule has 0 aliphatic carbocycles. The van der Waals surface area contributed by atoms with Crippen molar-refractivity contribution >= 4 is 38.9 Å². The molecule has 0 bridgehead atoms. The van der Waals surface area contributed by atoms with Crippen LogP contribution < -0.4 is 14.8 Å². The molecule has 0 saturated carbocycles. The highest BCUT2D eigenvalue weighted by Crippen LogP contribution is 2.23. The molecule has 0 unspecified atom stereocenters. The van der Waals surface area contributed by atoms with Gasteiger partial charge in [-0.2, -0.15) is 0 Å². The molecule has 0 spiro atoms. The zero-order valence-corrected chi connectivity index (χ0v) is 18.0. The molecule has 0 aromatic heterocycles. The van der Waals surface area contributed by atoms with Crippen LogP contribution in [0.4, 0.5) is 11.4 Å². The molecule has 0 radical (unpaired) electrons. The molecule has 0 aliphatic rings. The summed E-state index contributed by atoms with van der Waals surface area (Å²) in [5.74, 6) is 0.284. The third-order valence-corrected chi connectivity index (χ3v) is 5.90. The lowest BCUT2D eigenvalue weighted by Gasteiger charge is -2.13. The maximum Gasteiger partial charge on any atom is 0.261 e. The quantitative estimate of drug-likeness (QED) is 0.531. The standard InChI is InChI=1S/C22H21ClN2O4S/c1-3-29-19-6-4-5-18(14-19)24-22(26)16-8-7-15(2)21(13-16)25-30(27,28)20-11-9-17(23)10-12-20/h4-14,25H,3H2,1-2H3,(H,24,26). The van der Waals surface area contributed by atoms with Crippen LogP contribution in [0.1, 0.15) is 22.8 Å². The number of rotatable bonds is 7. The van der Waals surface area contributed by atoms with Crippen molar-refractivity contribution in [2.24, 2.45) is 0 Å². The lowest BCUT2D eigenvalue weighted by molar-refractivity contribution is 0.102. The first-order valence-corrected chi connectivity index (χ1v) is 11.1. The van der Waals surface area contributed by atoms with Gasteiger partial charge in [-0.1, -0.05) is 23.7 Å². The summed E-state index contributed by atoms with van der Waals surface area (Å²) in [6.07, 6.45) is 0. The van der Waals surface area contributed by atoms with Gasteiger partial charge in [0.25, 0.3) is 15.9 Å². The lowest BCUT2D eigenvalue weighted by Crippen LogP contribution is -2.16. The third kappa shape index (κ3) is 5.31. The van der Waals surface area contributed by atoms with E-state index in [4.69, 9.17) is 16.3 Å². The van der Waals surface area contributed by atoms with Gasteiger partial charge < -0.3 is 10.1 Å². The summed E-state index contributed by atoms with van der Waals surface area (Å²) < 4.78 is 33.3. The van der Waals surface area contributed by atoms with E-state index in [0.29, 0.717) is 39.9 Å². The monoisotopic (exact) mass is 444 g/mol. The summed E-state index contributed by atoms with van der Waals surface area (Å²) in [6, 6.07) is 17.7. The maximum absolute atomic E-state index is 12.7. The van der Waals surface area contributed by atoms with Crippen molar-refractivity contribution in [2.45, 2.75) is 18.7 Å². The second kappa shape index (κ2) is 9.19. The Morgan fingerprint density at radius 3 is 2.47 bits per heavy atom. The highest BCUT2D eigenvalue weighted by Gasteiger charge is 2.17. The number of amides is 1. The highest BCUT2D eigenvalue weighted by atomic mass is 35.5. The van der Waals surface area contributed by atoms with Crippen molar-refractivity contribution in [1.82, 2.24) is 0 Å². The fraction of sp³-hybridized carbons (Fsp3) is 0.136. The van der Waals surface area contributed by atoms with Crippen LogP contribution in [-0.4, -0.2) is 20.9 Å². The molecule has 156 valence electrons. The van der Waals surface area contributed by atoms with Crippen LogP contribution in [-0.2, 0) is 10.0 Å². The first-order chi connectivity index (χ1) is 14.3. The van der Waals surface area contributed by atoms with E-state index >= 15 is 0 Å². The summed E-state index contributed by atoms with van der Waals surface area (Å²) in [5.41, 5.74) is 1.90. The third-order valence-electron chi connectivity index (χ3n) is 4.27. The average Bonchev–Trinajstić information content (AvgIpc) is 2.70. The van der Waals surface area contributed by atoms with Crippen molar-refractivity contribution in [1.29, 1.82) is 0 Å². The minimum absolute atomic E-state index is 0.0777. The van der Waals surface area contributed by atoms with Crippen molar-refractivity contribution in [3.63, 3.8) is 0 Å². The molecule has 3 aromatic rings. The number of sulfonamides is 1. The number of halogens is 1. The molecule has 8 heteroatoms. The molecule has 2 N–H and O–H groups in total. The van der Waals surface area contributed by atoms with Crippen LogP contribution in [0.15, 0.2) is 71.6 Å². The van der Waals surface area contributed by atoms with E-state index in [0.717, 1.165) is 0 Å². The van der Waals surface area contributed by atoms with Crippen LogP contribution in [0, 0.1) is 6.92 Å². The van der Waals surface area contributed by atoms with Crippen LogP contribution >= 0.6 is 11.6 Å². The molecule has 0 saturated heterocycles. The molecule has 30 heavy (non-hydrogen) atoms. The van der Waals surface area contributed by atoms with Crippen molar-refractivity contribution in [3.05, 3.63) is 82.9 Å². The number of anilines is 2. The van der Waals surface area contributed by atoms with E-state index in [1.807, 2.05) is 6.92 Å². The predicted molar refractivity (Wildman–Crippen MR) is 119 cm³/mol. The van der Waals surface area contributed by atoms with Crippen LogP contribution in [0.2, 0.25) is 5.02 Å². The van der Waals surface area contributed by atoms with Crippen molar-refractivity contribution < 1.29 is 17.9 Å². The van der Waals surface area contributed by atoms with Gasteiger partial charge >= 0.3 is 0 Å². The summed E-state index contributed by atoms with van der Waals surface area (Å²) in [5, 5.41) is 3.24. The molecule has 0 fully saturated rings. The summed E-state index contributed by atoms with van der Waals surface area (Å²) in [7, 11) is -3.82. The van der Waals surface area contributed by atoms with E-state index < -0.39 is 10.0 Å². The summed E-state index contributed by atoms with van der Waals surface area (Å²) in [6.45, 7) is 4.16. The van der Waals surface area contributed by atoms with Gasteiger partial charge in [0.2, 0.25) is 0 Å². The van der Waals surface area contributed by atoms with Crippen LogP contribution in [0.3, 0.4) is 0 Å². The minimum atomic E-state index is -3.82. The number of hydrogen-bond donors (Lipinski definition) is 2. The SMILES string of the molecule is CCOc1cccc(NC(=O)c2ccc(C)c(NS(=O)(=O)c3ccc(Cl)cc3)c2)c1. The Hall–Kier alpha value is -3.03. The summed E-state index contributed by atoms with van der Waals surface area (Å²) in [4.78, 5) is 12.8. The second-order valence-electron chi connectivity index (χ2n) is 6.50. The van der Waals surface area contributed by atoms with Crippen LogP contribution in [0.5, 0.6) is 5.75 Å². The number of aryl methyl sites for hydroxylation is 1. The molecule has 3 aromatic carbocycles. The minimum Gasteiger partial charge on any atom is -0.494 e. The largest absolute Gasteiger partial charge is 0.494 e. The Labute approximate surface area is 180 Å². The van der Waals surface area contributed by atoms with Gasteiger partial charge in [0.05, 0.1) is 17.2 Å². The van der Waals surface area contributed by atoms with Crippen molar-refractivity contribution in [3.8, 4) is 5.75 Å². The highest BCUT2D eigenvalue weighted by molar-refractivity contribution is 7.92. The number of ether oxygens (including phenoxy) is 1. The van der Waals surface area contributed by atoms with E-state index in [2.05, 4.69) is 10.0 Å². The number of hydrogen-bond acceptors (Lipinski definition) is 4. The van der Waals surface area contributed by atoms with Crippen LogP contribution in [0.25, 0.3) is 0 Å². The molecular weight excluding hydrogens is 424 g/mol. The summed E-state index contributed by atoms with van der Waals surface area (Å²) >= 11 is 5.83. The number of benzene rings is 3. The molecule has 0 aliphatic heterocycles. The van der Waals surface area contributed by atoms with Crippen molar-refractivity contribution in [2.75, 3.05) is 16.6 Å². The Balaban J connectivity index is 1.81. The Morgan fingerprint density at radius 1 is 1.03 bits per heavy atom.